The van der Waals surface area contributed by atoms with Crippen molar-refractivity contribution < 1.29 is 4.74 Å². The van der Waals surface area contributed by atoms with Crippen molar-refractivity contribution in [1.29, 1.82) is 0 Å². The van der Waals surface area contributed by atoms with Gasteiger partial charge in [0.1, 0.15) is 11.5 Å². The van der Waals surface area contributed by atoms with E-state index in [1.54, 1.807) is 0 Å². The number of fused-ring (bicyclic) bond motifs is 8. The van der Waals surface area contributed by atoms with Crippen LogP contribution in [0.3, 0.4) is 0 Å². The Hall–Kier alpha value is -5.08. The zero-order valence-electron chi connectivity index (χ0n) is 21.3. The average Bonchev–Trinajstić information content (AvgIpc) is 3.01. The van der Waals surface area contributed by atoms with Crippen LogP contribution in [-0.2, 0) is 5.41 Å². The molecule has 0 amide bonds. The predicted octanol–water partition coefficient (Wildman–Crippen LogP) is 9.57. The lowest BCUT2D eigenvalue weighted by molar-refractivity contribution is 0.434. The van der Waals surface area contributed by atoms with Gasteiger partial charge in [-0.25, -0.2) is 0 Å². The van der Waals surface area contributed by atoms with Gasteiger partial charge in [-0.1, -0.05) is 109 Å². The fourth-order valence-electron chi connectivity index (χ4n) is 6.41. The normalized spacial score (nSPS) is 13.7. The topological polar surface area (TPSA) is 21.3 Å². The summed E-state index contributed by atoms with van der Waals surface area (Å²) in [5.41, 5.74) is 11.2. The monoisotopic (exact) mass is 499 g/mol. The van der Waals surface area contributed by atoms with Crippen LogP contribution in [0.25, 0.3) is 22.3 Å². The second-order valence-corrected chi connectivity index (χ2v) is 10.2. The summed E-state index contributed by atoms with van der Waals surface area (Å²) in [5, 5.41) is 3.79. The van der Waals surface area contributed by atoms with Gasteiger partial charge in [0, 0.05) is 22.5 Å². The maximum Gasteiger partial charge on any atom is 0.132 e. The van der Waals surface area contributed by atoms with Gasteiger partial charge in [0.25, 0.3) is 0 Å². The van der Waals surface area contributed by atoms with Crippen LogP contribution in [0, 0.1) is 0 Å². The van der Waals surface area contributed by atoms with Crippen LogP contribution in [0.5, 0.6) is 11.5 Å². The Morgan fingerprint density at radius 3 is 1.31 bits per heavy atom. The highest BCUT2D eigenvalue weighted by molar-refractivity contribution is 5.88. The smallest absolute Gasteiger partial charge is 0.132 e. The summed E-state index contributed by atoms with van der Waals surface area (Å²) in [4.78, 5) is 0. The highest BCUT2D eigenvalue weighted by Gasteiger charge is 2.49. The molecule has 184 valence electrons. The molecule has 0 atom stereocenters. The van der Waals surface area contributed by atoms with Crippen LogP contribution in [0.1, 0.15) is 22.3 Å². The third-order valence-electron chi connectivity index (χ3n) is 8.13. The SMILES string of the molecule is c1ccc(-c2ccc3c(c2)C2(c4cc(-c5ccccc5)ccc4N3)c3ccccc3Oc3ccccc32)cc1. The van der Waals surface area contributed by atoms with Gasteiger partial charge in [-0.2, -0.15) is 0 Å². The van der Waals surface area contributed by atoms with Crippen LogP contribution in [0.2, 0.25) is 0 Å². The number of hydrogen-bond donors (Lipinski definition) is 1. The van der Waals surface area contributed by atoms with Crippen molar-refractivity contribution in [2.24, 2.45) is 0 Å². The fourth-order valence-corrected chi connectivity index (χ4v) is 6.41. The van der Waals surface area contributed by atoms with Crippen molar-refractivity contribution in [2.75, 3.05) is 5.32 Å². The quantitative estimate of drug-likeness (QED) is 0.256. The minimum Gasteiger partial charge on any atom is -0.457 e. The molecule has 0 aliphatic carbocycles. The molecule has 0 saturated carbocycles. The third-order valence-corrected chi connectivity index (χ3v) is 8.13. The average molecular weight is 500 g/mol. The van der Waals surface area contributed by atoms with Gasteiger partial charge in [-0.15, -0.1) is 0 Å². The second-order valence-electron chi connectivity index (χ2n) is 10.2. The first-order chi connectivity index (χ1) is 19.3. The van der Waals surface area contributed by atoms with Crippen molar-refractivity contribution in [3.63, 3.8) is 0 Å². The van der Waals surface area contributed by atoms with Crippen molar-refractivity contribution in [1.82, 2.24) is 0 Å². The summed E-state index contributed by atoms with van der Waals surface area (Å²) in [7, 11) is 0. The fraction of sp³-hybridized carbons (Fsp3) is 0.0270. The van der Waals surface area contributed by atoms with E-state index >= 15 is 0 Å². The van der Waals surface area contributed by atoms with E-state index in [0.29, 0.717) is 0 Å². The van der Waals surface area contributed by atoms with E-state index in [-0.39, 0.29) is 0 Å². The van der Waals surface area contributed by atoms with E-state index in [0.717, 1.165) is 34.0 Å². The first-order valence-electron chi connectivity index (χ1n) is 13.4. The molecule has 1 N–H and O–H groups in total. The van der Waals surface area contributed by atoms with Crippen molar-refractivity contribution in [2.45, 2.75) is 5.41 Å². The number of benzene rings is 6. The zero-order chi connectivity index (χ0) is 25.8. The molecular formula is C37H25NO. The Morgan fingerprint density at radius 2 is 0.821 bits per heavy atom. The van der Waals surface area contributed by atoms with Crippen LogP contribution in [-0.4, -0.2) is 0 Å². The van der Waals surface area contributed by atoms with Gasteiger partial charge >= 0.3 is 0 Å². The van der Waals surface area contributed by atoms with Crippen LogP contribution >= 0.6 is 0 Å². The van der Waals surface area contributed by atoms with E-state index in [2.05, 4.69) is 151 Å². The van der Waals surface area contributed by atoms with Gasteiger partial charge < -0.3 is 10.1 Å². The van der Waals surface area contributed by atoms with Gasteiger partial charge in [-0.3, -0.25) is 0 Å². The van der Waals surface area contributed by atoms with Crippen LogP contribution in [0.4, 0.5) is 11.4 Å². The summed E-state index contributed by atoms with van der Waals surface area (Å²) in [6.07, 6.45) is 0. The lowest BCUT2D eigenvalue weighted by Crippen LogP contribution is -2.37. The van der Waals surface area contributed by atoms with Crippen molar-refractivity contribution in [3.05, 3.63) is 168 Å². The summed E-state index contributed by atoms with van der Waals surface area (Å²) >= 11 is 0. The molecule has 0 fully saturated rings. The molecule has 39 heavy (non-hydrogen) atoms. The molecule has 0 aromatic heterocycles. The molecular weight excluding hydrogens is 474 g/mol. The Bertz CT molecular complexity index is 1720. The van der Waals surface area contributed by atoms with Gasteiger partial charge in [0.15, 0.2) is 0 Å². The molecule has 8 rings (SSSR count). The minimum absolute atomic E-state index is 0.559. The third kappa shape index (κ3) is 3.22. The number of anilines is 2. The number of hydrogen-bond acceptors (Lipinski definition) is 2. The molecule has 2 heteroatoms. The first-order valence-corrected chi connectivity index (χ1v) is 13.4. The number of ether oxygens (including phenoxy) is 1. The molecule has 0 unspecified atom stereocenters. The summed E-state index contributed by atoms with van der Waals surface area (Å²) in [5.74, 6) is 1.79. The van der Waals surface area contributed by atoms with Crippen LogP contribution in [0.15, 0.2) is 146 Å². The molecule has 1 spiro atoms. The highest BCUT2D eigenvalue weighted by atomic mass is 16.5. The number of rotatable bonds is 2. The predicted molar refractivity (Wildman–Crippen MR) is 159 cm³/mol. The van der Waals surface area contributed by atoms with E-state index < -0.39 is 5.41 Å². The first kappa shape index (κ1) is 22.0. The van der Waals surface area contributed by atoms with Crippen molar-refractivity contribution >= 4 is 11.4 Å². The Kier molecular flexibility index (Phi) is 4.77. The lowest BCUT2D eigenvalue weighted by atomic mass is 9.61. The maximum atomic E-state index is 6.54. The zero-order valence-corrected chi connectivity index (χ0v) is 21.3. The van der Waals surface area contributed by atoms with Gasteiger partial charge in [0.05, 0.1) is 5.41 Å². The molecule has 0 radical (unpaired) electrons. The summed E-state index contributed by atoms with van der Waals surface area (Å²) in [6, 6.07) is 51.9. The molecule has 6 aromatic carbocycles. The molecule has 0 saturated heterocycles. The minimum atomic E-state index is -0.559. The number of nitrogens with one attached hydrogen (secondary N) is 1. The molecule has 2 aliphatic rings. The highest BCUT2D eigenvalue weighted by Crippen LogP contribution is 2.60. The lowest BCUT2D eigenvalue weighted by Gasteiger charge is -2.46. The maximum absolute atomic E-state index is 6.54. The van der Waals surface area contributed by atoms with E-state index in [1.165, 1.54) is 33.4 Å². The number of para-hydroxylation sites is 2. The summed E-state index contributed by atoms with van der Waals surface area (Å²) < 4.78 is 6.54. The van der Waals surface area contributed by atoms with Crippen molar-refractivity contribution in [3.8, 4) is 33.8 Å². The molecule has 2 nitrogen and oxygen atoms in total. The van der Waals surface area contributed by atoms with Gasteiger partial charge in [-0.05, 0) is 69.8 Å². The molecule has 2 aliphatic heterocycles. The Labute approximate surface area is 228 Å². The van der Waals surface area contributed by atoms with Crippen LogP contribution < -0.4 is 10.1 Å². The Balaban J connectivity index is 1.51. The van der Waals surface area contributed by atoms with E-state index in [4.69, 9.17) is 4.74 Å². The molecule has 2 heterocycles. The molecule has 6 aromatic rings. The largest absolute Gasteiger partial charge is 0.457 e. The standard InChI is InChI=1S/C37H25NO/c1-3-11-25(12-4-1)27-19-21-33-31(23-27)37(29-15-7-9-17-35(29)39-36-18-10-8-16-30(36)37)32-24-28(20-22-34(32)38-33)26-13-5-2-6-14-26/h1-24,38H. The second kappa shape index (κ2) is 8.47. The Morgan fingerprint density at radius 1 is 0.385 bits per heavy atom. The van der Waals surface area contributed by atoms with E-state index in [1.807, 2.05) is 0 Å². The summed E-state index contributed by atoms with van der Waals surface area (Å²) in [6.45, 7) is 0. The van der Waals surface area contributed by atoms with Gasteiger partial charge in [0.2, 0.25) is 0 Å². The van der Waals surface area contributed by atoms with E-state index in [9.17, 15) is 0 Å². The molecule has 0 bridgehead atoms.